The van der Waals surface area contributed by atoms with E-state index in [-0.39, 0.29) is 12.2 Å². The van der Waals surface area contributed by atoms with Crippen molar-refractivity contribution in [2.75, 3.05) is 5.73 Å². The number of aliphatic hydroxyl groups excluding tert-OH is 2. The monoisotopic (exact) mass is 441 g/mol. The van der Waals surface area contributed by atoms with Crippen LogP contribution in [0.1, 0.15) is 51.6 Å². The Labute approximate surface area is 171 Å². The highest BCUT2D eigenvalue weighted by Gasteiger charge is 2.72. The van der Waals surface area contributed by atoms with Crippen molar-refractivity contribution in [1.29, 1.82) is 0 Å². The molecule has 3 aliphatic heterocycles. The lowest BCUT2D eigenvalue weighted by Crippen LogP contribution is -2.47. The second-order valence-electron chi connectivity index (χ2n) is 8.16. The fraction of sp³-hybridized carbons (Fsp3) is 0.706. The molecule has 0 aromatic carbocycles. The lowest BCUT2D eigenvalue weighted by atomic mass is 9.80. The fourth-order valence-corrected chi connectivity index (χ4v) is 6.52. The number of rotatable bonds is 5. The molecule has 5 N–H and O–H groups in total. The van der Waals surface area contributed by atoms with Crippen molar-refractivity contribution < 1.29 is 33.7 Å². The number of aromatic nitrogens is 4. The van der Waals surface area contributed by atoms with Crippen LogP contribution >= 0.6 is 7.60 Å². The number of aliphatic hydroxyl groups is 3. The molecule has 6 unspecified atom stereocenters. The Morgan fingerprint density at radius 2 is 2.10 bits per heavy atom. The molecule has 12 nitrogen and oxygen atoms in total. The van der Waals surface area contributed by atoms with Crippen LogP contribution in [0.15, 0.2) is 6.33 Å². The maximum Gasteiger partial charge on any atom is 0.393 e. The molecule has 3 aliphatic rings. The summed E-state index contributed by atoms with van der Waals surface area (Å²) in [5.74, 6) is -0.202. The highest BCUT2D eigenvalue weighted by atomic mass is 31.2. The van der Waals surface area contributed by atoms with Gasteiger partial charge in [0.1, 0.15) is 30.5 Å². The molecule has 2 aromatic rings. The molecule has 5 rings (SSSR count). The van der Waals surface area contributed by atoms with Crippen molar-refractivity contribution >= 4 is 24.6 Å². The van der Waals surface area contributed by atoms with E-state index < -0.39 is 49.2 Å². The van der Waals surface area contributed by atoms with Crippen LogP contribution in [0.4, 0.5) is 5.82 Å². The highest BCUT2D eigenvalue weighted by molar-refractivity contribution is 7.61. The zero-order chi connectivity index (χ0) is 21.6. The second-order valence-corrected chi connectivity index (χ2v) is 10.2. The van der Waals surface area contributed by atoms with Gasteiger partial charge in [-0.05, 0) is 13.3 Å². The van der Waals surface area contributed by atoms with Gasteiger partial charge in [0.05, 0.1) is 11.5 Å². The largest absolute Gasteiger partial charge is 0.393 e. The predicted octanol–water partition coefficient (Wildman–Crippen LogP) is 0.590. The number of ether oxygens (including phenoxy) is 1. The van der Waals surface area contributed by atoms with Crippen molar-refractivity contribution in [2.24, 2.45) is 0 Å². The van der Waals surface area contributed by atoms with Gasteiger partial charge in [-0.15, -0.1) is 0 Å². The third kappa shape index (κ3) is 2.44. The van der Waals surface area contributed by atoms with Gasteiger partial charge in [-0.3, -0.25) is 18.2 Å². The summed E-state index contributed by atoms with van der Waals surface area (Å²) in [4.78, 5) is 12.8. The van der Waals surface area contributed by atoms with Gasteiger partial charge < -0.3 is 25.8 Å². The Hall–Kier alpha value is -1.66. The molecule has 2 fully saturated rings. The number of anilines is 1. The van der Waals surface area contributed by atoms with Crippen molar-refractivity contribution in [3.05, 3.63) is 12.2 Å². The summed E-state index contributed by atoms with van der Waals surface area (Å²) in [6, 6.07) is 0. The number of nitrogens with two attached hydrogens (primary N) is 1. The maximum absolute atomic E-state index is 13.0. The maximum atomic E-state index is 13.0. The van der Waals surface area contributed by atoms with Crippen molar-refractivity contribution in [3.8, 4) is 0 Å². The first-order valence-corrected chi connectivity index (χ1v) is 11.4. The van der Waals surface area contributed by atoms with Crippen LogP contribution in [0, 0.1) is 0 Å². The van der Waals surface area contributed by atoms with E-state index in [2.05, 4.69) is 15.0 Å². The molecule has 13 heteroatoms. The van der Waals surface area contributed by atoms with Gasteiger partial charge in [0.25, 0.3) is 5.53 Å². The van der Waals surface area contributed by atoms with E-state index in [0.29, 0.717) is 23.4 Å². The van der Waals surface area contributed by atoms with Gasteiger partial charge in [0, 0.05) is 6.42 Å². The number of fused-ring (bicyclic) bond motifs is 6. The Morgan fingerprint density at radius 3 is 2.73 bits per heavy atom. The average Bonchev–Trinajstić information content (AvgIpc) is 2.98. The highest BCUT2D eigenvalue weighted by Crippen LogP contribution is 2.80. The van der Waals surface area contributed by atoms with E-state index in [0.717, 1.165) is 0 Å². The van der Waals surface area contributed by atoms with Crippen LogP contribution < -0.4 is 5.73 Å². The smallest absolute Gasteiger partial charge is 0.387 e. The van der Waals surface area contributed by atoms with E-state index in [9.17, 15) is 19.9 Å². The lowest BCUT2D eigenvalue weighted by molar-refractivity contribution is -0.105. The van der Waals surface area contributed by atoms with Crippen LogP contribution in [0.2, 0.25) is 0 Å². The van der Waals surface area contributed by atoms with Gasteiger partial charge in [0.15, 0.2) is 23.2 Å². The van der Waals surface area contributed by atoms with E-state index in [4.69, 9.17) is 19.5 Å². The van der Waals surface area contributed by atoms with Gasteiger partial charge in [0.2, 0.25) is 0 Å². The molecule has 8 atom stereocenters. The number of imidazole rings is 1. The first-order chi connectivity index (χ1) is 14.1. The normalized spacial score (nSPS) is 41.6. The molecule has 164 valence electrons. The SMILES string of the molecule is CCC1(O)OP1(=O)O[C@@](C)(CC)C1c2nc3c(N)ncnc3n2C2OC1C(O)[C@H]2O. The van der Waals surface area contributed by atoms with Crippen molar-refractivity contribution in [1.82, 2.24) is 19.5 Å². The molecule has 0 amide bonds. The van der Waals surface area contributed by atoms with Gasteiger partial charge in [-0.2, -0.15) is 0 Å². The Balaban J connectivity index is 1.67. The van der Waals surface area contributed by atoms with Crippen LogP contribution in [0.5, 0.6) is 0 Å². The molecule has 30 heavy (non-hydrogen) atoms. The summed E-state index contributed by atoms with van der Waals surface area (Å²) in [6.07, 6.45) is -2.60. The zero-order valence-corrected chi connectivity index (χ0v) is 17.6. The van der Waals surface area contributed by atoms with E-state index in [1.165, 1.54) is 6.33 Å². The quantitative estimate of drug-likeness (QED) is 0.377. The number of nitrogen functional groups attached to an aromatic ring is 1. The predicted molar refractivity (Wildman–Crippen MR) is 102 cm³/mol. The molecule has 0 saturated carbocycles. The molecule has 0 aliphatic carbocycles. The Kier molecular flexibility index (Phi) is 4.18. The van der Waals surface area contributed by atoms with Crippen LogP contribution in [-0.4, -0.2) is 64.3 Å². The zero-order valence-electron chi connectivity index (χ0n) is 16.7. The number of hydrogen-bond acceptors (Lipinski definition) is 11. The molecule has 2 aromatic heterocycles. The molecular formula is C17H24N5O7P. The van der Waals surface area contributed by atoms with E-state index >= 15 is 0 Å². The first kappa shape index (κ1) is 20.3. The number of nitrogens with zero attached hydrogens (tertiary/aromatic N) is 4. The Bertz CT molecular complexity index is 1080. The third-order valence-corrected chi connectivity index (χ3v) is 8.78. The summed E-state index contributed by atoms with van der Waals surface area (Å²) >= 11 is 0. The summed E-state index contributed by atoms with van der Waals surface area (Å²) in [5, 5.41) is 31.6. The summed E-state index contributed by atoms with van der Waals surface area (Å²) in [7, 11) is -3.79. The molecular weight excluding hydrogens is 417 g/mol. The topological polar surface area (TPSA) is 178 Å². The van der Waals surface area contributed by atoms with E-state index in [1.54, 1.807) is 18.4 Å². The lowest BCUT2D eigenvalue weighted by Gasteiger charge is -2.41. The summed E-state index contributed by atoms with van der Waals surface area (Å²) in [5.41, 5.74) is 3.59. The molecule has 0 radical (unpaired) electrons. The van der Waals surface area contributed by atoms with E-state index in [1.807, 2.05) is 6.92 Å². The molecule has 2 saturated heterocycles. The standard InChI is InChI=1S/C17H24N5O7P/c1-4-16(3,28-30(26)17(25,5-2)29-30)7-11-9(23)10(24)15(27-11)22-13(7)21-8-12(18)19-6-20-14(8)22/h6-7,9-11,15,23-25H,4-5H2,1-3H3,(H2,18,19,20)/t7?,9?,10-,11?,15?,16+,17?,30?/m1/s1. The van der Waals surface area contributed by atoms with Gasteiger partial charge in [-0.25, -0.2) is 15.0 Å². The summed E-state index contributed by atoms with van der Waals surface area (Å²) < 4.78 is 31.6. The molecule has 5 heterocycles. The van der Waals surface area contributed by atoms with Crippen LogP contribution in [0.25, 0.3) is 11.2 Å². The minimum atomic E-state index is -3.79. The minimum absolute atomic E-state index is 0.0999. The van der Waals surface area contributed by atoms with Crippen LogP contribution in [-0.2, 0) is 18.3 Å². The molecule has 0 spiro atoms. The molecule has 2 bridgehead atoms. The average molecular weight is 441 g/mol. The summed E-state index contributed by atoms with van der Waals surface area (Å²) in [6.45, 7) is 5.14. The third-order valence-electron chi connectivity index (χ3n) is 6.48. The minimum Gasteiger partial charge on any atom is -0.387 e. The second kappa shape index (κ2) is 6.19. The Morgan fingerprint density at radius 1 is 1.37 bits per heavy atom. The van der Waals surface area contributed by atoms with Gasteiger partial charge in [-0.1, -0.05) is 13.8 Å². The van der Waals surface area contributed by atoms with Crippen molar-refractivity contribution in [2.45, 2.75) is 75.2 Å². The van der Waals surface area contributed by atoms with Crippen molar-refractivity contribution in [3.63, 3.8) is 0 Å². The fourth-order valence-electron chi connectivity index (χ4n) is 4.49. The first-order valence-electron chi connectivity index (χ1n) is 9.83. The van der Waals surface area contributed by atoms with Crippen LogP contribution in [0.3, 0.4) is 0 Å². The van der Waals surface area contributed by atoms with Gasteiger partial charge >= 0.3 is 7.60 Å². The number of hydrogen-bond donors (Lipinski definition) is 4.